The topological polar surface area (TPSA) is 41.9 Å². The summed E-state index contributed by atoms with van der Waals surface area (Å²) in [5.41, 5.74) is 3.97. The van der Waals surface area contributed by atoms with Gasteiger partial charge in [0.05, 0.1) is 12.3 Å². The zero-order valence-corrected chi connectivity index (χ0v) is 17.6. The van der Waals surface area contributed by atoms with Crippen molar-refractivity contribution >= 4 is 35.1 Å². The Kier molecular flexibility index (Phi) is 5.68. The van der Waals surface area contributed by atoms with E-state index < -0.39 is 0 Å². The zero-order valence-electron chi connectivity index (χ0n) is 16.8. The van der Waals surface area contributed by atoms with Crippen LogP contribution in [0.2, 0.25) is 5.02 Å². The lowest BCUT2D eigenvalue weighted by Crippen LogP contribution is -2.32. The summed E-state index contributed by atoms with van der Waals surface area (Å²) >= 11 is 6.04. The number of carbonyl (C=O) groups is 1. The summed E-state index contributed by atoms with van der Waals surface area (Å²) in [5, 5.41) is 0.615. The number of hydrogen-bond donors (Lipinski definition) is 0. The average molecular weight is 417 g/mol. The van der Waals surface area contributed by atoms with E-state index in [0.717, 1.165) is 28.1 Å². The third-order valence-electron chi connectivity index (χ3n) is 4.72. The van der Waals surface area contributed by atoms with E-state index in [1.165, 1.54) is 0 Å². The summed E-state index contributed by atoms with van der Waals surface area (Å²) in [5.74, 6) is 1.22. The Labute approximate surface area is 181 Å². The first-order valence-electron chi connectivity index (χ1n) is 9.75. The van der Waals surface area contributed by atoms with E-state index in [1.54, 1.807) is 23.1 Å². The number of amides is 1. The fourth-order valence-corrected chi connectivity index (χ4v) is 3.43. The Hall–Kier alpha value is -3.37. The van der Waals surface area contributed by atoms with Crippen LogP contribution in [0, 0.1) is 6.92 Å². The van der Waals surface area contributed by atoms with Crippen molar-refractivity contribution in [1.29, 1.82) is 0 Å². The Morgan fingerprint density at radius 2 is 1.77 bits per heavy atom. The van der Waals surface area contributed by atoms with Crippen LogP contribution in [0.5, 0.6) is 5.75 Å². The van der Waals surface area contributed by atoms with E-state index in [4.69, 9.17) is 21.3 Å². The number of anilines is 1. The minimum Gasteiger partial charge on any atom is -0.494 e. The number of aryl methyl sites for hydroxylation is 1. The Balaban J connectivity index is 1.76. The van der Waals surface area contributed by atoms with Crippen molar-refractivity contribution in [3.05, 3.63) is 100 Å². The molecule has 1 amide bonds. The number of benzene rings is 3. The number of aliphatic imine (C=N–C) groups is 1. The molecule has 0 fully saturated rings. The summed E-state index contributed by atoms with van der Waals surface area (Å²) in [7, 11) is 0. The molecule has 4 rings (SSSR count). The second-order valence-corrected chi connectivity index (χ2v) is 7.39. The number of rotatable bonds is 5. The highest BCUT2D eigenvalue weighted by molar-refractivity contribution is 6.34. The van der Waals surface area contributed by atoms with Crippen LogP contribution in [-0.2, 0) is 4.79 Å². The molecule has 1 aliphatic rings. The van der Waals surface area contributed by atoms with Crippen molar-refractivity contribution in [3.8, 4) is 5.75 Å². The fourth-order valence-electron chi connectivity index (χ4n) is 3.31. The molecule has 3 aromatic rings. The minimum absolute atomic E-state index is 0.178. The van der Waals surface area contributed by atoms with Gasteiger partial charge in [0.15, 0.2) is 0 Å². The first kappa shape index (κ1) is 19.9. The van der Waals surface area contributed by atoms with Gasteiger partial charge in [-0.25, -0.2) is 4.99 Å². The first-order valence-corrected chi connectivity index (χ1v) is 10.1. The highest BCUT2D eigenvalue weighted by Gasteiger charge is 2.32. The van der Waals surface area contributed by atoms with E-state index in [1.807, 2.05) is 74.5 Å². The van der Waals surface area contributed by atoms with E-state index >= 15 is 0 Å². The molecule has 3 aromatic carbocycles. The van der Waals surface area contributed by atoms with Crippen LogP contribution in [0.3, 0.4) is 0 Å². The van der Waals surface area contributed by atoms with Gasteiger partial charge in [0.1, 0.15) is 17.3 Å². The van der Waals surface area contributed by atoms with Crippen LogP contribution >= 0.6 is 11.6 Å². The maximum atomic E-state index is 13.3. The molecule has 0 radical (unpaired) electrons. The van der Waals surface area contributed by atoms with Crippen molar-refractivity contribution in [3.63, 3.8) is 0 Å². The molecule has 0 bridgehead atoms. The highest BCUT2D eigenvalue weighted by atomic mass is 35.5. The summed E-state index contributed by atoms with van der Waals surface area (Å²) in [6.07, 6.45) is 1.80. The second kappa shape index (κ2) is 8.56. The fraction of sp³-hybridized carbons (Fsp3) is 0.120. The van der Waals surface area contributed by atoms with Gasteiger partial charge in [0.25, 0.3) is 5.91 Å². The molecule has 0 unspecified atom stereocenters. The molecule has 0 aromatic heterocycles. The van der Waals surface area contributed by atoms with E-state index in [9.17, 15) is 4.79 Å². The van der Waals surface area contributed by atoms with Gasteiger partial charge in [0, 0.05) is 10.6 Å². The van der Waals surface area contributed by atoms with Crippen LogP contribution < -0.4 is 9.64 Å². The van der Waals surface area contributed by atoms with Gasteiger partial charge in [-0.3, -0.25) is 9.69 Å². The van der Waals surface area contributed by atoms with Crippen LogP contribution in [0.4, 0.5) is 5.69 Å². The summed E-state index contributed by atoms with van der Waals surface area (Å²) < 4.78 is 5.49. The number of hydrogen-bond acceptors (Lipinski definition) is 3. The van der Waals surface area contributed by atoms with Gasteiger partial charge >= 0.3 is 0 Å². The Morgan fingerprint density at radius 1 is 1.03 bits per heavy atom. The van der Waals surface area contributed by atoms with E-state index in [0.29, 0.717) is 23.2 Å². The van der Waals surface area contributed by atoms with Gasteiger partial charge in [0.2, 0.25) is 0 Å². The molecular formula is C25H21ClN2O2. The summed E-state index contributed by atoms with van der Waals surface area (Å²) in [6.45, 7) is 4.57. The lowest BCUT2D eigenvalue weighted by Gasteiger charge is -2.18. The number of nitrogens with zero attached hydrogens (tertiary/aromatic N) is 2. The average Bonchev–Trinajstić information content (AvgIpc) is 3.06. The van der Waals surface area contributed by atoms with Crippen molar-refractivity contribution in [1.82, 2.24) is 0 Å². The molecule has 30 heavy (non-hydrogen) atoms. The Morgan fingerprint density at radius 3 is 2.43 bits per heavy atom. The number of halogens is 1. The molecule has 0 N–H and O–H groups in total. The van der Waals surface area contributed by atoms with Gasteiger partial charge in [-0.05, 0) is 68.0 Å². The normalized spacial score (nSPS) is 14.9. The molecule has 5 heteroatoms. The summed E-state index contributed by atoms with van der Waals surface area (Å²) in [6, 6.07) is 22.8. The number of ether oxygens (including phenoxy) is 1. The van der Waals surface area contributed by atoms with Crippen molar-refractivity contribution in [2.45, 2.75) is 13.8 Å². The molecule has 0 spiro atoms. The van der Waals surface area contributed by atoms with Gasteiger partial charge in [-0.15, -0.1) is 0 Å². The first-order chi connectivity index (χ1) is 14.5. The largest absolute Gasteiger partial charge is 0.494 e. The standard InChI is InChI=1S/C25H21ClN2O2/c1-3-30-22-13-7-18(8-14-22)16-23-25(29)28(21-11-9-20(26)10-12-21)24(27-23)19-6-4-5-17(2)15-19/h4-16H,3H2,1-2H3/b23-16+. The smallest absolute Gasteiger partial charge is 0.282 e. The lowest BCUT2D eigenvalue weighted by molar-refractivity contribution is -0.113. The highest BCUT2D eigenvalue weighted by Crippen LogP contribution is 2.29. The third kappa shape index (κ3) is 4.14. The van der Waals surface area contributed by atoms with Crippen LogP contribution in [0.25, 0.3) is 6.08 Å². The predicted molar refractivity (Wildman–Crippen MR) is 122 cm³/mol. The molecule has 4 nitrogen and oxygen atoms in total. The van der Waals surface area contributed by atoms with Crippen molar-refractivity contribution < 1.29 is 9.53 Å². The number of amidine groups is 1. The molecule has 0 saturated carbocycles. The summed E-state index contributed by atoms with van der Waals surface area (Å²) in [4.78, 5) is 19.7. The molecule has 1 aliphatic heterocycles. The van der Waals surface area contributed by atoms with Crippen molar-refractivity contribution in [2.24, 2.45) is 4.99 Å². The molecule has 0 aliphatic carbocycles. The molecule has 150 valence electrons. The van der Waals surface area contributed by atoms with Crippen LogP contribution in [0.1, 0.15) is 23.6 Å². The molecule has 0 saturated heterocycles. The minimum atomic E-state index is -0.178. The molecule has 1 heterocycles. The number of carbonyl (C=O) groups excluding carboxylic acids is 1. The maximum absolute atomic E-state index is 13.3. The zero-order chi connectivity index (χ0) is 21.1. The third-order valence-corrected chi connectivity index (χ3v) is 4.97. The van der Waals surface area contributed by atoms with E-state index in [2.05, 4.69) is 0 Å². The monoisotopic (exact) mass is 416 g/mol. The Bertz CT molecular complexity index is 1130. The van der Waals surface area contributed by atoms with Gasteiger partial charge < -0.3 is 4.74 Å². The van der Waals surface area contributed by atoms with E-state index in [-0.39, 0.29) is 5.91 Å². The van der Waals surface area contributed by atoms with Crippen LogP contribution in [-0.4, -0.2) is 18.3 Å². The lowest BCUT2D eigenvalue weighted by atomic mass is 10.1. The van der Waals surface area contributed by atoms with Gasteiger partial charge in [-0.1, -0.05) is 47.5 Å². The predicted octanol–water partition coefficient (Wildman–Crippen LogP) is 5.88. The molecular weight excluding hydrogens is 396 g/mol. The molecule has 0 atom stereocenters. The van der Waals surface area contributed by atoms with Gasteiger partial charge in [-0.2, -0.15) is 0 Å². The van der Waals surface area contributed by atoms with Crippen LogP contribution in [0.15, 0.2) is 83.5 Å². The second-order valence-electron chi connectivity index (χ2n) is 6.95. The maximum Gasteiger partial charge on any atom is 0.282 e. The van der Waals surface area contributed by atoms with Crippen molar-refractivity contribution in [2.75, 3.05) is 11.5 Å². The SMILES string of the molecule is CCOc1ccc(/C=C2/N=C(c3cccc(C)c3)N(c3ccc(Cl)cc3)C2=O)cc1. The quantitative estimate of drug-likeness (QED) is 0.487.